The summed E-state index contributed by atoms with van der Waals surface area (Å²) in [5.74, 6) is 0. The average Bonchev–Trinajstić information content (AvgIpc) is 2.18. The summed E-state index contributed by atoms with van der Waals surface area (Å²) in [7, 11) is -1.68. The van der Waals surface area contributed by atoms with E-state index in [1.807, 2.05) is 0 Å². The first-order valence-electron chi connectivity index (χ1n) is 6.79. The minimum Gasteiger partial charge on any atom is -0.465 e. The van der Waals surface area contributed by atoms with Gasteiger partial charge in [0.15, 0.2) is 8.32 Å². The van der Waals surface area contributed by atoms with Crippen molar-refractivity contribution in [3.05, 3.63) is 0 Å². The predicted molar refractivity (Wildman–Crippen MR) is 75.5 cm³/mol. The highest BCUT2D eigenvalue weighted by atomic mass is 28.4. The maximum atomic E-state index is 10.6. The fraction of sp³-hybridized carbons (Fsp3) is 0.923. The molecular formula is C13H27NO3Si. The molecule has 1 saturated carbocycles. The quantitative estimate of drug-likeness (QED) is 0.773. The highest BCUT2D eigenvalue weighted by molar-refractivity contribution is 6.74. The van der Waals surface area contributed by atoms with Crippen LogP contribution in [0.5, 0.6) is 0 Å². The molecule has 0 aromatic heterocycles. The average molecular weight is 273 g/mol. The van der Waals surface area contributed by atoms with Gasteiger partial charge in [0.05, 0.1) is 0 Å². The molecule has 2 N–H and O–H groups in total. The molecule has 0 heterocycles. The number of rotatable bonds is 3. The lowest BCUT2D eigenvalue weighted by atomic mass is 9.93. The lowest BCUT2D eigenvalue weighted by molar-refractivity contribution is 0.121. The lowest BCUT2D eigenvalue weighted by Gasteiger charge is -2.41. The molecule has 0 aliphatic heterocycles. The first-order chi connectivity index (χ1) is 8.12. The van der Waals surface area contributed by atoms with E-state index in [9.17, 15) is 4.79 Å². The minimum absolute atomic E-state index is 0.113. The van der Waals surface area contributed by atoms with E-state index >= 15 is 0 Å². The van der Waals surface area contributed by atoms with Crippen LogP contribution in [0.2, 0.25) is 18.1 Å². The van der Waals surface area contributed by atoms with Crippen molar-refractivity contribution in [1.82, 2.24) is 5.32 Å². The zero-order valence-corrected chi connectivity index (χ0v) is 13.2. The molecule has 0 unspecified atom stereocenters. The number of nitrogens with one attached hydrogen (secondary N) is 1. The number of hydrogen-bond acceptors (Lipinski definition) is 2. The third-order valence-electron chi connectivity index (χ3n) is 4.27. The lowest BCUT2D eigenvalue weighted by Crippen LogP contribution is -2.46. The second kappa shape index (κ2) is 5.61. The Morgan fingerprint density at radius 1 is 1.22 bits per heavy atom. The van der Waals surface area contributed by atoms with Gasteiger partial charge >= 0.3 is 6.09 Å². The predicted octanol–water partition coefficient (Wildman–Crippen LogP) is 3.59. The van der Waals surface area contributed by atoms with Crippen LogP contribution < -0.4 is 5.32 Å². The Bertz CT molecular complexity index is 291. The zero-order valence-electron chi connectivity index (χ0n) is 12.2. The Morgan fingerprint density at radius 2 is 1.72 bits per heavy atom. The van der Waals surface area contributed by atoms with Gasteiger partial charge in [0.25, 0.3) is 0 Å². The molecule has 1 aliphatic carbocycles. The highest BCUT2D eigenvalue weighted by Gasteiger charge is 2.39. The van der Waals surface area contributed by atoms with Gasteiger partial charge in [0.1, 0.15) is 0 Å². The van der Waals surface area contributed by atoms with E-state index in [2.05, 4.69) is 39.2 Å². The monoisotopic (exact) mass is 273 g/mol. The Labute approximate surface area is 111 Å². The van der Waals surface area contributed by atoms with Crippen LogP contribution in [-0.4, -0.2) is 31.7 Å². The van der Waals surface area contributed by atoms with Crippen molar-refractivity contribution >= 4 is 14.4 Å². The van der Waals surface area contributed by atoms with Gasteiger partial charge in [-0.1, -0.05) is 20.8 Å². The fourth-order valence-corrected chi connectivity index (χ4v) is 3.52. The Kier molecular flexibility index (Phi) is 4.83. The molecule has 0 saturated heterocycles. The first kappa shape index (κ1) is 15.5. The smallest absolute Gasteiger partial charge is 0.404 e. The number of carbonyl (C=O) groups is 1. The molecule has 4 nitrogen and oxygen atoms in total. The molecule has 0 spiro atoms. The van der Waals surface area contributed by atoms with Crippen LogP contribution in [-0.2, 0) is 4.43 Å². The molecule has 0 atom stereocenters. The van der Waals surface area contributed by atoms with Crippen molar-refractivity contribution in [2.45, 2.75) is 76.7 Å². The normalized spacial score (nSPS) is 25.8. The molecule has 106 valence electrons. The van der Waals surface area contributed by atoms with Gasteiger partial charge in [-0.2, -0.15) is 0 Å². The van der Waals surface area contributed by atoms with Crippen LogP contribution in [0.15, 0.2) is 0 Å². The van der Waals surface area contributed by atoms with Crippen molar-refractivity contribution in [2.75, 3.05) is 0 Å². The van der Waals surface area contributed by atoms with Crippen LogP contribution in [0.25, 0.3) is 0 Å². The summed E-state index contributed by atoms with van der Waals surface area (Å²) in [4.78, 5) is 10.6. The van der Waals surface area contributed by atoms with Gasteiger partial charge in [-0.05, 0) is 43.8 Å². The van der Waals surface area contributed by atoms with E-state index in [-0.39, 0.29) is 11.1 Å². The summed E-state index contributed by atoms with van der Waals surface area (Å²) in [6.07, 6.45) is 3.13. The van der Waals surface area contributed by atoms with Gasteiger partial charge in [0.2, 0.25) is 0 Å². The van der Waals surface area contributed by atoms with Gasteiger partial charge in [-0.3, -0.25) is 0 Å². The van der Waals surface area contributed by atoms with Crippen molar-refractivity contribution in [3.8, 4) is 0 Å². The molecule has 5 heteroatoms. The van der Waals surface area contributed by atoms with E-state index < -0.39 is 14.4 Å². The molecule has 0 aromatic rings. The summed E-state index contributed by atoms with van der Waals surface area (Å²) < 4.78 is 6.36. The number of hydrogen-bond donors (Lipinski definition) is 2. The minimum atomic E-state index is -1.68. The summed E-state index contributed by atoms with van der Waals surface area (Å²) in [5, 5.41) is 11.5. The summed E-state index contributed by atoms with van der Waals surface area (Å²) in [6, 6.07) is 0.113. The van der Waals surface area contributed by atoms with Crippen molar-refractivity contribution in [3.63, 3.8) is 0 Å². The van der Waals surface area contributed by atoms with E-state index in [1.165, 1.54) is 0 Å². The topological polar surface area (TPSA) is 58.6 Å². The van der Waals surface area contributed by atoms with Crippen molar-refractivity contribution in [2.24, 2.45) is 0 Å². The molecular weight excluding hydrogens is 246 g/mol. The van der Waals surface area contributed by atoms with Gasteiger partial charge in [-0.15, -0.1) is 0 Å². The van der Waals surface area contributed by atoms with E-state index in [0.717, 1.165) is 25.7 Å². The number of amides is 1. The zero-order chi connectivity index (χ0) is 14.0. The molecule has 18 heavy (non-hydrogen) atoms. The third-order valence-corrected chi connectivity index (χ3v) is 8.80. The van der Waals surface area contributed by atoms with Gasteiger partial charge in [0, 0.05) is 12.1 Å². The maximum absolute atomic E-state index is 10.6. The second-order valence-corrected chi connectivity index (χ2v) is 11.6. The molecule has 0 bridgehead atoms. The molecule has 1 rings (SSSR count). The standard InChI is InChI=1S/C13H27NO3Si/c1-13(2,3)18(4,5)17-11-8-6-10(7-9-11)14-12(15)16/h10-11,14H,6-9H2,1-5H3,(H,15,16)/t10-,11-. The van der Waals surface area contributed by atoms with E-state index in [1.54, 1.807) is 0 Å². The van der Waals surface area contributed by atoms with Crippen molar-refractivity contribution in [1.29, 1.82) is 0 Å². The largest absolute Gasteiger partial charge is 0.465 e. The first-order valence-corrected chi connectivity index (χ1v) is 9.70. The maximum Gasteiger partial charge on any atom is 0.404 e. The van der Waals surface area contributed by atoms with Crippen LogP contribution in [0.1, 0.15) is 46.5 Å². The number of carboxylic acid groups (broad SMARTS) is 1. The van der Waals surface area contributed by atoms with Gasteiger partial charge < -0.3 is 14.8 Å². The fourth-order valence-electron chi connectivity index (χ4n) is 2.09. The van der Waals surface area contributed by atoms with Gasteiger partial charge in [-0.25, -0.2) is 4.79 Å². The van der Waals surface area contributed by atoms with Crippen LogP contribution in [0, 0.1) is 0 Å². The third kappa shape index (κ3) is 4.28. The molecule has 0 aromatic carbocycles. The Morgan fingerprint density at radius 3 is 2.11 bits per heavy atom. The summed E-state index contributed by atoms with van der Waals surface area (Å²) in [5.41, 5.74) is 0. The molecule has 1 aliphatic rings. The molecule has 0 radical (unpaired) electrons. The van der Waals surface area contributed by atoms with E-state index in [0.29, 0.717) is 6.10 Å². The summed E-state index contributed by atoms with van der Waals surface area (Å²) in [6.45, 7) is 11.3. The Hall–Kier alpha value is -0.553. The van der Waals surface area contributed by atoms with Crippen LogP contribution >= 0.6 is 0 Å². The molecule has 1 fully saturated rings. The van der Waals surface area contributed by atoms with E-state index in [4.69, 9.17) is 9.53 Å². The molecule has 1 amide bonds. The SMILES string of the molecule is CC(C)(C)[Si](C)(C)O[C@H]1CC[C@H](NC(=O)O)CC1. The summed E-state index contributed by atoms with van der Waals surface area (Å²) >= 11 is 0. The van der Waals surface area contributed by atoms with Crippen LogP contribution in [0.4, 0.5) is 4.79 Å². The highest BCUT2D eigenvalue weighted by Crippen LogP contribution is 2.39. The second-order valence-electron chi connectivity index (χ2n) is 6.80. The van der Waals surface area contributed by atoms with Crippen molar-refractivity contribution < 1.29 is 14.3 Å². The van der Waals surface area contributed by atoms with Crippen LogP contribution in [0.3, 0.4) is 0 Å². The Balaban J connectivity index is 2.42.